The summed E-state index contributed by atoms with van der Waals surface area (Å²) in [6.45, 7) is 4.08. The van der Waals surface area contributed by atoms with Crippen LogP contribution in [0.2, 0.25) is 0 Å². The molecular formula is C24H25N3O4. The molecule has 3 aromatic rings. The normalized spacial score (nSPS) is 10.8. The van der Waals surface area contributed by atoms with Gasteiger partial charge in [0.05, 0.1) is 6.61 Å². The van der Waals surface area contributed by atoms with Crippen LogP contribution in [-0.2, 0) is 11.8 Å². The van der Waals surface area contributed by atoms with Crippen molar-refractivity contribution in [2.75, 3.05) is 18.5 Å². The van der Waals surface area contributed by atoms with E-state index in [4.69, 9.17) is 9.47 Å². The van der Waals surface area contributed by atoms with Gasteiger partial charge in [0.1, 0.15) is 5.69 Å². The second-order valence-corrected chi connectivity index (χ2v) is 6.83. The summed E-state index contributed by atoms with van der Waals surface area (Å²) in [4.78, 5) is 24.5. The van der Waals surface area contributed by atoms with Crippen LogP contribution in [0, 0.1) is 6.92 Å². The number of nitrogens with zero attached hydrogens (tertiary/aromatic N) is 2. The van der Waals surface area contributed by atoms with Gasteiger partial charge in [-0.25, -0.2) is 0 Å². The number of ether oxygens (including phenoxy) is 2. The van der Waals surface area contributed by atoms with Crippen LogP contribution < -0.4 is 14.8 Å². The van der Waals surface area contributed by atoms with E-state index in [0.717, 1.165) is 16.8 Å². The topological polar surface area (TPSA) is 82.4 Å². The standard InChI is InChI=1S/C24H25N3O4/c1-4-30-23-15-18(9-11-21(28)20-13-14-25-27(20)3)10-12-22(23)31-16-24(29)26-19-8-6-5-7-17(19)2/h5-15H,4,16H2,1-3H3,(H,26,29)/b11-9+. The van der Waals surface area contributed by atoms with E-state index in [-0.39, 0.29) is 18.3 Å². The van der Waals surface area contributed by atoms with E-state index >= 15 is 0 Å². The summed E-state index contributed by atoms with van der Waals surface area (Å²) in [5.74, 6) is 0.548. The highest BCUT2D eigenvalue weighted by Crippen LogP contribution is 2.29. The summed E-state index contributed by atoms with van der Waals surface area (Å²) in [5.41, 5.74) is 3.00. The predicted molar refractivity (Wildman–Crippen MR) is 119 cm³/mol. The fraction of sp³-hybridized carbons (Fsp3) is 0.208. The number of hydrogen-bond donors (Lipinski definition) is 1. The van der Waals surface area contributed by atoms with Crippen LogP contribution >= 0.6 is 0 Å². The first-order valence-corrected chi connectivity index (χ1v) is 9.93. The molecule has 0 saturated heterocycles. The van der Waals surface area contributed by atoms with E-state index in [9.17, 15) is 9.59 Å². The molecule has 1 heterocycles. The number of aromatic nitrogens is 2. The number of para-hydroxylation sites is 1. The highest BCUT2D eigenvalue weighted by Gasteiger charge is 2.11. The lowest BCUT2D eigenvalue weighted by Crippen LogP contribution is -2.20. The average molecular weight is 419 g/mol. The molecule has 31 heavy (non-hydrogen) atoms. The Morgan fingerprint density at radius 3 is 2.61 bits per heavy atom. The molecule has 7 nitrogen and oxygen atoms in total. The van der Waals surface area contributed by atoms with Gasteiger partial charge >= 0.3 is 0 Å². The molecule has 7 heteroatoms. The molecule has 160 valence electrons. The number of ketones is 1. The maximum Gasteiger partial charge on any atom is 0.262 e. The van der Waals surface area contributed by atoms with E-state index in [2.05, 4.69) is 10.4 Å². The Hall–Kier alpha value is -3.87. The summed E-state index contributed by atoms with van der Waals surface area (Å²) in [5, 5.41) is 6.83. The van der Waals surface area contributed by atoms with Crippen LogP contribution in [0.4, 0.5) is 5.69 Å². The van der Waals surface area contributed by atoms with Gasteiger partial charge in [-0.3, -0.25) is 14.3 Å². The minimum Gasteiger partial charge on any atom is -0.490 e. The van der Waals surface area contributed by atoms with Crippen LogP contribution in [0.3, 0.4) is 0 Å². The van der Waals surface area contributed by atoms with Crippen LogP contribution in [0.25, 0.3) is 6.08 Å². The first-order valence-electron chi connectivity index (χ1n) is 9.93. The number of carbonyl (C=O) groups is 2. The number of allylic oxidation sites excluding steroid dienone is 1. The Morgan fingerprint density at radius 1 is 1.10 bits per heavy atom. The summed E-state index contributed by atoms with van der Waals surface area (Å²) in [7, 11) is 1.72. The van der Waals surface area contributed by atoms with Gasteiger partial charge in [0.25, 0.3) is 5.91 Å². The minimum absolute atomic E-state index is 0.147. The average Bonchev–Trinajstić information content (AvgIpc) is 3.19. The van der Waals surface area contributed by atoms with Crippen LogP contribution in [0.5, 0.6) is 11.5 Å². The lowest BCUT2D eigenvalue weighted by Gasteiger charge is -2.13. The maximum absolute atomic E-state index is 12.3. The van der Waals surface area contributed by atoms with Crippen molar-refractivity contribution < 1.29 is 19.1 Å². The Labute approximate surface area is 181 Å². The molecule has 0 atom stereocenters. The molecule has 0 unspecified atom stereocenters. The van der Waals surface area contributed by atoms with Gasteiger partial charge in [0.15, 0.2) is 18.1 Å². The van der Waals surface area contributed by atoms with Crippen molar-refractivity contribution in [1.29, 1.82) is 0 Å². The van der Waals surface area contributed by atoms with Gasteiger partial charge in [0, 0.05) is 18.9 Å². The monoisotopic (exact) mass is 419 g/mol. The van der Waals surface area contributed by atoms with Gasteiger partial charge in [0.2, 0.25) is 5.78 Å². The summed E-state index contributed by atoms with van der Waals surface area (Å²) in [6.07, 6.45) is 4.76. The van der Waals surface area contributed by atoms with Crippen molar-refractivity contribution in [3.63, 3.8) is 0 Å². The van der Waals surface area contributed by atoms with Gasteiger partial charge in [-0.15, -0.1) is 0 Å². The third-order valence-corrected chi connectivity index (χ3v) is 4.55. The predicted octanol–water partition coefficient (Wildman–Crippen LogP) is 4.04. The van der Waals surface area contributed by atoms with Gasteiger partial charge < -0.3 is 14.8 Å². The van der Waals surface area contributed by atoms with E-state index < -0.39 is 0 Å². The molecule has 0 fully saturated rings. The van der Waals surface area contributed by atoms with Crippen molar-refractivity contribution in [3.05, 3.63) is 77.6 Å². The third kappa shape index (κ3) is 5.82. The molecule has 1 N–H and O–H groups in total. The minimum atomic E-state index is -0.262. The number of hydrogen-bond acceptors (Lipinski definition) is 5. The second-order valence-electron chi connectivity index (χ2n) is 6.83. The zero-order valence-corrected chi connectivity index (χ0v) is 17.8. The number of aryl methyl sites for hydroxylation is 2. The zero-order valence-electron chi connectivity index (χ0n) is 17.8. The number of carbonyl (C=O) groups excluding carboxylic acids is 2. The van der Waals surface area contributed by atoms with E-state index in [1.807, 2.05) is 38.1 Å². The smallest absolute Gasteiger partial charge is 0.262 e. The molecule has 0 saturated carbocycles. The van der Waals surface area contributed by atoms with Crippen molar-refractivity contribution in [2.45, 2.75) is 13.8 Å². The van der Waals surface area contributed by atoms with E-state index in [1.54, 1.807) is 43.6 Å². The van der Waals surface area contributed by atoms with Crippen molar-refractivity contribution in [3.8, 4) is 11.5 Å². The summed E-state index contributed by atoms with van der Waals surface area (Å²) < 4.78 is 12.9. The molecule has 1 amide bonds. The van der Waals surface area contributed by atoms with Crippen molar-refractivity contribution in [2.24, 2.45) is 7.05 Å². The van der Waals surface area contributed by atoms with Gasteiger partial charge in [-0.1, -0.05) is 30.3 Å². The van der Waals surface area contributed by atoms with Crippen LogP contribution in [-0.4, -0.2) is 34.7 Å². The Balaban J connectivity index is 1.66. The number of benzene rings is 2. The lowest BCUT2D eigenvalue weighted by atomic mass is 10.1. The highest BCUT2D eigenvalue weighted by molar-refractivity contribution is 6.05. The molecular weight excluding hydrogens is 394 g/mol. The fourth-order valence-corrected chi connectivity index (χ4v) is 2.93. The van der Waals surface area contributed by atoms with E-state index in [0.29, 0.717) is 23.8 Å². The summed E-state index contributed by atoms with van der Waals surface area (Å²) >= 11 is 0. The van der Waals surface area contributed by atoms with E-state index in [1.165, 1.54) is 10.8 Å². The largest absolute Gasteiger partial charge is 0.490 e. The zero-order chi connectivity index (χ0) is 22.2. The highest BCUT2D eigenvalue weighted by atomic mass is 16.5. The Morgan fingerprint density at radius 2 is 1.90 bits per heavy atom. The second kappa shape index (κ2) is 10.2. The van der Waals surface area contributed by atoms with Crippen LogP contribution in [0.15, 0.2) is 60.8 Å². The molecule has 0 aliphatic heterocycles. The number of rotatable bonds is 9. The third-order valence-electron chi connectivity index (χ3n) is 4.55. The fourth-order valence-electron chi connectivity index (χ4n) is 2.93. The lowest BCUT2D eigenvalue weighted by molar-refractivity contribution is -0.118. The molecule has 0 aliphatic rings. The molecule has 0 bridgehead atoms. The maximum atomic E-state index is 12.3. The number of anilines is 1. The molecule has 3 rings (SSSR count). The quantitative estimate of drug-likeness (QED) is 0.418. The first kappa shape index (κ1) is 21.8. The first-order chi connectivity index (χ1) is 15.0. The molecule has 2 aromatic carbocycles. The number of amides is 1. The molecule has 1 aromatic heterocycles. The molecule has 0 radical (unpaired) electrons. The molecule has 0 aliphatic carbocycles. The SMILES string of the molecule is CCOc1cc(/C=C/C(=O)c2ccnn2C)ccc1OCC(=O)Nc1ccccc1C. The van der Waals surface area contributed by atoms with Gasteiger partial charge in [-0.2, -0.15) is 5.10 Å². The Kier molecular flexibility index (Phi) is 7.22. The Bertz CT molecular complexity index is 1100. The molecule has 0 spiro atoms. The number of nitrogens with one attached hydrogen (secondary N) is 1. The van der Waals surface area contributed by atoms with Crippen molar-refractivity contribution >= 4 is 23.5 Å². The van der Waals surface area contributed by atoms with Crippen LogP contribution in [0.1, 0.15) is 28.5 Å². The van der Waals surface area contributed by atoms with Gasteiger partial charge in [-0.05, 0) is 55.3 Å². The van der Waals surface area contributed by atoms with Crippen molar-refractivity contribution in [1.82, 2.24) is 9.78 Å². The summed E-state index contributed by atoms with van der Waals surface area (Å²) in [6, 6.07) is 14.5.